The van der Waals surface area contributed by atoms with E-state index in [-0.39, 0.29) is 11.9 Å². The van der Waals surface area contributed by atoms with Gasteiger partial charge in [0.2, 0.25) is 10.0 Å². The maximum absolute atomic E-state index is 11.4. The van der Waals surface area contributed by atoms with Gasteiger partial charge in [-0.25, -0.2) is 23.5 Å². The lowest BCUT2D eigenvalue weighted by Gasteiger charge is -2.23. The number of ether oxygens (including phenoxy) is 1. The predicted molar refractivity (Wildman–Crippen MR) is 68.6 cm³/mol. The summed E-state index contributed by atoms with van der Waals surface area (Å²) in [4.78, 5) is 7.96. The maximum atomic E-state index is 11.4. The highest BCUT2D eigenvalue weighted by molar-refractivity contribution is 7.89. The molecule has 2 N–H and O–H groups in total. The summed E-state index contributed by atoms with van der Waals surface area (Å²) in [6.07, 6.45) is 1.77. The first-order valence-electron chi connectivity index (χ1n) is 5.36. The summed E-state index contributed by atoms with van der Waals surface area (Å²) in [5, 5.41) is 4.56. The molecular formula is C10H16ClN3O3S. The van der Waals surface area contributed by atoms with E-state index in [9.17, 15) is 8.42 Å². The van der Waals surface area contributed by atoms with Gasteiger partial charge in [-0.3, -0.25) is 0 Å². The molecule has 2 unspecified atom stereocenters. The molecule has 0 bridgehead atoms. The summed E-state index contributed by atoms with van der Waals surface area (Å²) in [6.45, 7) is 5.04. The Morgan fingerprint density at radius 1 is 1.28 bits per heavy atom. The molecule has 1 aromatic rings. The van der Waals surface area contributed by atoms with Crippen molar-refractivity contribution in [3.8, 4) is 0 Å². The quantitative estimate of drug-likeness (QED) is 0.882. The van der Waals surface area contributed by atoms with Crippen molar-refractivity contribution >= 4 is 21.6 Å². The Hall–Kier alpha value is -0.760. The van der Waals surface area contributed by atoms with Gasteiger partial charge in [-0.1, -0.05) is 11.6 Å². The van der Waals surface area contributed by atoms with Crippen LogP contribution in [0.15, 0.2) is 12.4 Å². The smallest absolute Gasteiger partial charge is 0.214 e. The van der Waals surface area contributed by atoms with Crippen molar-refractivity contribution < 1.29 is 13.2 Å². The molecule has 0 saturated heterocycles. The molecule has 0 aliphatic heterocycles. The Labute approximate surface area is 112 Å². The van der Waals surface area contributed by atoms with Crippen molar-refractivity contribution in [2.45, 2.75) is 38.2 Å². The van der Waals surface area contributed by atoms with Crippen molar-refractivity contribution in [2.75, 3.05) is 0 Å². The number of rotatable bonds is 5. The third kappa shape index (κ3) is 4.16. The van der Waals surface area contributed by atoms with Crippen molar-refractivity contribution in [3.05, 3.63) is 23.2 Å². The van der Waals surface area contributed by atoms with Crippen molar-refractivity contribution in [2.24, 2.45) is 5.14 Å². The van der Waals surface area contributed by atoms with Crippen LogP contribution >= 0.6 is 11.6 Å². The van der Waals surface area contributed by atoms with Crippen LogP contribution in [0.3, 0.4) is 0 Å². The molecule has 0 radical (unpaired) electrons. The van der Waals surface area contributed by atoms with Gasteiger partial charge in [-0.2, -0.15) is 0 Å². The van der Waals surface area contributed by atoms with Crippen LogP contribution in [0.5, 0.6) is 0 Å². The fraction of sp³-hybridized carbons (Fsp3) is 0.600. The van der Waals surface area contributed by atoms with Crippen LogP contribution in [-0.4, -0.2) is 29.7 Å². The second-order valence-corrected chi connectivity index (χ2v) is 6.52. The summed E-state index contributed by atoms with van der Waals surface area (Å²) >= 11 is 5.68. The monoisotopic (exact) mass is 293 g/mol. The molecule has 0 saturated carbocycles. The highest BCUT2D eigenvalue weighted by Gasteiger charge is 2.31. The zero-order valence-corrected chi connectivity index (χ0v) is 11.9. The normalized spacial score (nSPS) is 15.7. The van der Waals surface area contributed by atoms with E-state index in [2.05, 4.69) is 9.97 Å². The highest BCUT2D eigenvalue weighted by Crippen LogP contribution is 2.24. The summed E-state index contributed by atoms with van der Waals surface area (Å²) < 4.78 is 28.4. The number of aromatic nitrogens is 2. The summed E-state index contributed by atoms with van der Waals surface area (Å²) in [5.41, 5.74) is 0. The minimum Gasteiger partial charge on any atom is -0.366 e. The molecular weight excluding hydrogens is 278 g/mol. The molecule has 6 nitrogen and oxygen atoms in total. The second-order valence-electron chi connectivity index (χ2n) is 4.16. The average molecular weight is 294 g/mol. The number of nitrogens with two attached hydrogens (primary N) is 1. The molecule has 0 aliphatic rings. The van der Waals surface area contributed by atoms with Crippen LogP contribution in [0.25, 0.3) is 0 Å². The fourth-order valence-electron chi connectivity index (χ4n) is 1.32. The van der Waals surface area contributed by atoms with E-state index in [4.69, 9.17) is 21.5 Å². The minimum absolute atomic E-state index is 0.182. The summed E-state index contributed by atoms with van der Waals surface area (Å²) in [7, 11) is -3.74. The van der Waals surface area contributed by atoms with Gasteiger partial charge in [0.05, 0.1) is 11.1 Å². The van der Waals surface area contributed by atoms with Gasteiger partial charge < -0.3 is 4.74 Å². The van der Waals surface area contributed by atoms with Crippen molar-refractivity contribution in [1.29, 1.82) is 0 Å². The van der Waals surface area contributed by atoms with Gasteiger partial charge in [0.15, 0.2) is 5.82 Å². The largest absolute Gasteiger partial charge is 0.366 e. The number of hydrogen-bond donors (Lipinski definition) is 1. The molecule has 0 aromatic carbocycles. The Kier molecular flexibility index (Phi) is 5.03. The first-order chi connectivity index (χ1) is 8.21. The third-order valence-corrected chi connectivity index (χ3v) is 3.74. The average Bonchev–Trinajstić information content (AvgIpc) is 2.25. The Bertz CT molecular complexity index is 490. The highest BCUT2D eigenvalue weighted by atomic mass is 35.5. The standard InChI is InChI=1S/C10H16ClN3O3S/c1-6(2)17-9(7(3)18(12,15)16)10-13-4-8(11)5-14-10/h4-7,9H,1-3H3,(H2,12,15,16). The van der Waals surface area contributed by atoms with Crippen LogP contribution in [0.2, 0.25) is 5.02 Å². The molecule has 1 rings (SSSR count). The van der Waals surface area contributed by atoms with E-state index in [1.807, 2.05) is 0 Å². The maximum Gasteiger partial charge on any atom is 0.214 e. The van der Waals surface area contributed by atoms with Gasteiger partial charge >= 0.3 is 0 Å². The number of sulfonamides is 1. The van der Waals surface area contributed by atoms with Gasteiger partial charge in [0.25, 0.3) is 0 Å². The first-order valence-corrected chi connectivity index (χ1v) is 7.35. The number of nitrogens with zero attached hydrogens (tertiary/aromatic N) is 2. The van der Waals surface area contributed by atoms with E-state index < -0.39 is 21.4 Å². The minimum atomic E-state index is -3.74. The van der Waals surface area contributed by atoms with Gasteiger partial charge in [0, 0.05) is 12.4 Å². The molecule has 2 atom stereocenters. The van der Waals surface area contributed by atoms with Crippen molar-refractivity contribution in [3.63, 3.8) is 0 Å². The molecule has 1 heterocycles. The number of hydrogen-bond acceptors (Lipinski definition) is 5. The molecule has 102 valence electrons. The molecule has 0 spiro atoms. The third-order valence-electron chi connectivity index (χ3n) is 2.26. The summed E-state index contributed by atoms with van der Waals surface area (Å²) in [6, 6.07) is 0. The lowest BCUT2D eigenvalue weighted by Crippen LogP contribution is -2.34. The van der Waals surface area contributed by atoms with Crippen molar-refractivity contribution in [1.82, 2.24) is 9.97 Å². The van der Waals surface area contributed by atoms with E-state index in [0.29, 0.717) is 5.02 Å². The molecule has 1 aromatic heterocycles. The van der Waals surface area contributed by atoms with E-state index in [0.717, 1.165) is 0 Å². The SMILES string of the molecule is CC(C)OC(c1ncc(Cl)cn1)C(C)S(N)(=O)=O. The summed E-state index contributed by atoms with van der Waals surface area (Å²) in [5.74, 6) is 0.245. The number of primary sulfonamides is 1. The topological polar surface area (TPSA) is 95.2 Å². The second kappa shape index (κ2) is 5.92. The lowest BCUT2D eigenvalue weighted by molar-refractivity contribution is 0.00146. The molecule has 18 heavy (non-hydrogen) atoms. The Morgan fingerprint density at radius 3 is 2.17 bits per heavy atom. The van der Waals surface area contributed by atoms with Crippen LogP contribution in [0.1, 0.15) is 32.7 Å². The van der Waals surface area contributed by atoms with E-state index in [1.54, 1.807) is 13.8 Å². The van der Waals surface area contributed by atoms with E-state index in [1.165, 1.54) is 19.3 Å². The zero-order valence-electron chi connectivity index (χ0n) is 10.4. The Balaban J connectivity index is 3.09. The molecule has 0 fully saturated rings. The number of halogens is 1. The lowest BCUT2D eigenvalue weighted by atomic mass is 10.2. The first kappa shape index (κ1) is 15.3. The fourth-order valence-corrected chi connectivity index (χ4v) is 1.94. The van der Waals surface area contributed by atoms with Crippen LogP contribution in [0.4, 0.5) is 0 Å². The zero-order chi connectivity index (χ0) is 13.9. The van der Waals surface area contributed by atoms with Crippen LogP contribution in [-0.2, 0) is 14.8 Å². The van der Waals surface area contributed by atoms with Crippen LogP contribution < -0.4 is 5.14 Å². The molecule has 0 aliphatic carbocycles. The Morgan fingerprint density at radius 2 is 1.78 bits per heavy atom. The molecule has 0 amide bonds. The van der Waals surface area contributed by atoms with Gasteiger partial charge in [0.1, 0.15) is 11.4 Å². The molecule has 8 heteroatoms. The van der Waals surface area contributed by atoms with Crippen LogP contribution in [0, 0.1) is 0 Å². The predicted octanol–water partition coefficient (Wildman–Crippen LogP) is 1.27. The van der Waals surface area contributed by atoms with E-state index >= 15 is 0 Å². The van der Waals surface area contributed by atoms with Gasteiger partial charge in [-0.15, -0.1) is 0 Å². The van der Waals surface area contributed by atoms with Gasteiger partial charge in [-0.05, 0) is 20.8 Å².